The lowest BCUT2D eigenvalue weighted by Gasteiger charge is -2.33. The Hall–Kier alpha value is -2.50. The van der Waals surface area contributed by atoms with Gasteiger partial charge in [-0.1, -0.05) is 0 Å². The highest BCUT2D eigenvalue weighted by molar-refractivity contribution is 7.89. The number of nitrogens with zero attached hydrogens (tertiary/aromatic N) is 4. The van der Waals surface area contributed by atoms with Crippen LogP contribution in [0.15, 0.2) is 32.3 Å². The molecule has 1 saturated heterocycles. The van der Waals surface area contributed by atoms with E-state index in [1.165, 1.54) is 16.4 Å². The summed E-state index contributed by atoms with van der Waals surface area (Å²) in [5.41, 5.74) is 0.689. The fourth-order valence-electron chi connectivity index (χ4n) is 3.04. The molecule has 1 aromatic carbocycles. The van der Waals surface area contributed by atoms with Crippen LogP contribution in [0, 0.1) is 6.92 Å². The Morgan fingerprint density at radius 1 is 1.12 bits per heavy atom. The number of imidazole rings is 1. The standard InChI is InChI=1S/C15H18N6O4S/c1-10-18-19-14(25-10)9-20-4-6-21(7-5-20)26(23,24)11-2-3-12-13(8-11)17-15(22)16-12/h2-3,8H,4-7,9H2,1H3,(H2,16,17,22). The Balaban J connectivity index is 1.47. The van der Waals surface area contributed by atoms with Crippen molar-refractivity contribution in [2.24, 2.45) is 0 Å². The number of aryl methyl sites for hydroxylation is 1. The van der Waals surface area contributed by atoms with Gasteiger partial charge in [0.15, 0.2) is 0 Å². The zero-order valence-electron chi connectivity index (χ0n) is 14.1. The Kier molecular flexibility index (Phi) is 4.13. The van der Waals surface area contributed by atoms with Crippen LogP contribution in [0.2, 0.25) is 0 Å². The zero-order chi connectivity index (χ0) is 18.3. The third kappa shape index (κ3) is 3.16. The van der Waals surface area contributed by atoms with Crippen LogP contribution in [0.25, 0.3) is 11.0 Å². The van der Waals surface area contributed by atoms with Crippen LogP contribution in [-0.2, 0) is 16.6 Å². The normalized spacial score (nSPS) is 17.1. The number of hydrogen-bond donors (Lipinski definition) is 2. The topological polar surface area (TPSA) is 128 Å². The van der Waals surface area contributed by atoms with Crippen LogP contribution in [-0.4, -0.2) is 64.0 Å². The van der Waals surface area contributed by atoms with Gasteiger partial charge < -0.3 is 14.4 Å². The van der Waals surface area contributed by atoms with Crippen molar-refractivity contribution in [3.63, 3.8) is 0 Å². The average molecular weight is 378 g/mol. The molecule has 0 saturated carbocycles. The summed E-state index contributed by atoms with van der Waals surface area (Å²) in [4.78, 5) is 18.8. The first kappa shape index (κ1) is 16.9. The minimum atomic E-state index is -3.62. The van der Waals surface area contributed by atoms with E-state index in [1.807, 2.05) is 0 Å². The Morgan fingerprint density at radius 2 is 1.85 bits per heavy atom. The van der Waals surface area contributed by atoms with Gasteiger partial charge >= 0.3 is 5.69 Å². The Labute approximate surface area is 148 Å². The molecule has 1 aliphatic rings. The fraction of sp³-hybridized carbons (Fsp3) is 0.400. The highest BCUT2D eigenvalue weighted by Crippen LogP contribution is 2.21. The molecular formula is C15H18N6O4S. The maximum atomic E-state index is 12.9. The summed E-state index contributed by atoms with van der Waals surface area (Å²) in [5.74, 6) is 1.04. The molecule has 1 aliphatic heterocycles. The molecule has 0 unspecified atom stereocenters. The van der Waals surface area contributed by atoms with Crippen LogP contribution in [0.4, 0.5) is 0 Å². The van der Waals surface area contributed by atoms with Gasteiger partial charge in [0.1, 0.15) is 0 Å². The lowest BCUT2D eigenvalue weighted by molar-refractivity contribution is 0.167. The van der Waals surface area contributed by atoms with E-state index < -0.39 is 10.0 Å². The smallest absolute Gasteiger partial charge is 0.323 e. The summed E-state index contributed by atoms with van der Waals surface area (Å²) in [6, 6.07) is 4.58. The van der Waals surface area contributed by atoms with E-state index >= 15 is 0 Å². The highest BCUT2D eigenvalue weighted by atomic mass is 32.2. The van der Waals surface area contributed by atoms with Gasteiger partial charge in [-0.2, -0.15) is 4.31 Å². The molecular weight excluding hydrogens is 360 g/mol. The monoisotopic (exact) mass is 378 g/mol. The molecule has 26 heavy (non-hydrogen) atoms. The van der Waals surface area contributed by atoms with Gasteiger partial charge in [0.2, 0.25) is 21.8 Å². The molecule has 0 atom stereocenters. The molecule has 3 aromatic rings. The van der Waals surface area contributed by atoms with Crippen molar-refractivity contribution < 1.29 is 12.8 Å². The van der Waals surface area contributed by atoms with Crippen molar-refractivity contribution in [1.82, 2.24) is 29.4 Å². The number of nitrogens with one attached hydrogen (secondary N) is 2. The third-order valence-corrected chi connectivity index (χ3v) is 6.28. The van der Waals surface area contributed by atoms with E-state index in [1.54, 1.807) is 13.0 Å². The average Bonchev–Trinajstić information content (AvgIpc) is 3.18. The van der Waals surface area contributed by atoms with E-state index in [2.05, 4.69) is 25.1 Å². The lowest BCUT2D eigenvalue weighted by Crippen LogP contribution is -2.48. The number of H-pyrrole nitrogens is 2. The van der Waals surface area contributed by atoms with Crippen molar-refractivity contribution in [2.45, 2.75) is 18.4 Å². The number of piperazine rings is 1. The quantitative estimate of drug-likeness (QED) is 0.656. The molecule has 0 spiro atoms. The third-order valence-electron chi connectivity index (χ3n) is 4.38. The summed E-state index contributed by atoms with van der Waals surface area (Å²) in [6.07, 6.45) is 0. The molecule has 1 fully saturated rings. The summed E-state index contributed by atoms with van der Waals surface area (Å²) in [5, 5.41) is 7.76. The predicted molar refractivity (Wildman–Crippen MR) is 92.0 cm³/mol. The first-order valence-electron chi connectivity index (χ1n) is 8.15. The summed E-state index contributed by atoms with van der Waals surface area (Å²) in [6.45, 7) is 4.13. The maximum absolute atomic E-state index is 12.9. The first-order valence-corrected chi connectivity index (χ1v) is 9.59. The van der Waals surface area contributed by atoms with E-state index in [4.69, 9.17) is 4.42 Å². The van der Waals surface area contributed by atoms with Crippen molar-refractivity contribution in [3.8, 4) is 0 Å². The van der Waals surface area contributed by atoms with Gasteiger partial charge in [0, 0.05) is 33.1 Å². The molecule has 10 nitrogen and oxygen atoms in total. The summed E-state index contributed by atoms with van der Waals surface area (Å²) < 4.78 is 32.6. The highest BCUT2D eigenvalue weighted by Gasteiger charge is 2.29. The molecule has 138 valence electrons. The van der Waals surface area contributed by atoms with E-state index in [0.29, 0.717) is 55.5 Å². The Morgan fingerprint density at radius 3 is 2.54 bits per heavy atom. The first-order chi connectivity index (χ1) is 12.4. The second kappa shape index (κ2) is 6.34. The van der Waals surface area contributed by atoms with E-state index in [0.717, 1.165) is 0 Å². The fourth-order valence-corrected chi connectivity index (χ4v) is 4.49. The van der Waals surface area contributed by atoms with Gasteiger partial charge in [-0.15, -0.1) is 10.2 Å². The van der Waals surface area contributed by atoms with Crippen molar-refractivity contribution >= 4 is 21.1 Å². The van der Waals surface area contributed by atoms with Gasteiger partial charge in [-0.25, -0.2) is 13.2 Å². The number of aromatic nitrogens is 4. The maximum Gasteiger partial charge on any atom is 0.323 e. The molecule has 3 heterocycles. The number of hydrogen-bond acceptors (Lipinski definition) is 7. The van der Waals surface area contributed by atoms with E-state index in [9.17, 15) is 13.2 Å². The predicted octanol–water partition coefficient (Wildman–Crippen LogP) is 0.0541. The minimum Gasteiger partial charge on any atom is -0.424 e. The molecule has 0 amide bonds. The van der Waals surface area contributed by atoms with Gasteiger partial charge in [-0.3, -0.25) is 4.90 Å². The summed E-state index contributed by atoms with van der Waals surface area (Å²) >= 11 is 0. The van der Waals surface area contributed by atoms with Crippen LogP contribution in [0.5, 0.6) is 0 Å². The number of benzene rings is 1. The summed E-state index contributed by atoms with van der Waals surface area (Å²) in [7, 11) is -3.62. The molecule has 4 rings (SSSR count). The molecule has 0 radical (unpaired) electrons. The van der Waals surface area contributed by atoms with Gasteiger partial charge in [-0.05, 0) is 18.2 Å². The van der Waals surface area contributed by atoms with Crippen molar-refractivity contribution in [2.75, 3.05) is 26.2 Å². The number of sulfonamides is 1. The van der Waals surface area contributed by atoms with Crippen LogP contribution < -0.4 is 5.69 Å². The molecule has 2 N–H and O–H groups in total. The SMILES string of the molecule is Cc1nnc(CN2CCN(S(=O)(=O)c3ccc4[nH]c(=O)[nH]c4c3)CC2)o1. The van der Waals surface area contributed by atoms with Gasteiger partial charge in [0.25, 0.3) is 0 Å². The molecule has 0 bridgehead atoms. The zero-order valence-corrected chi connectivity index (χ0v) is 14.9. The Bertz CT molecular complexity index is 1090. The lowest BCUT2D eigenvalue weighted by atomic mass is 10.3. The van der Waals surface area contributed by atoms with Crippen LogP contribution in [0.3, 0.4) is 0 Å². The second-order valence-corrected chi connectivity index (χ2v) is 8.12. The molecule has 2 aromatic heterocycles. The van der Waals surface area contributed by atoms with Crippen LogP contribution >= 0.6 is 0 Å². The second-order valence-electron chi connectivity index (χ2n) is 6.18. The molecule has 11 heteroatoms. The number of fused-ring (bicyclic) bond motifs is 1. The largest absolute Gasteiger partial charge is 0.424 e. The number of aromatic amines is 2. The minimum absolute atomic E-state index is 0.168. The number of rotatable bonds is 4. The van der Waals surface area contributed by atoms with Crippen molar-refractivity contribution in [3.05, 3.63) is 40.5 Å². The van der Waals surface area contributed by atoms with Crippen LogP contribution in [0.1, 0.15) is 11.8 Å². The van der Waals surface area contributed by atoms with E-state index in [-0.39, 0.29) is 10.6 Å². The van der Waals surface area contributed by atoms with Gasteiger partial charge in [0.05, 0.1) is 22.5 Å². The molecule has 0 aliphatic carbocycles. The van der Waals surface area contributed by atoms with Crippen molar-refractivity contribution in [1.29, 1.82) is 0 Å².